The molecule has 1 aromatic rings. The molecule has 0 radical (unpaired) electrons. The van der Waals surface area contributed by atoms with Gasteiger partial charge >= 0.3 is 0 Å². The maximum atomic E-state index is 9.38. The van der Waals surface area contributed by atoms with Crippen molar-refractivity contribution in [1.29, 1.82) is 0 Å². The molecular formula is C13H22N4O. The van der Waals surface area contributed by atoms with E-state index in [1.165, 1.54) is 25.6 Å². The van der Waals surface area contributed by atoms with Crippen LogP contribution in [0.1, 0.15) is 31.2 Å². The summed E-state index contributed by atoms with van der Waals surface area (Å²) >= 11 is 0. The zero-order valence-corrected chi connectivity index (χ0v) is 10.9. The number of nitrogen functional groups attached to an aromatic ring is 1. The first-order valence-corrected chi connectivity index (χ1v) is 6.64. The van der Waals surface area contributed by atoms with Crippen LogP contribution in [0.3, 0.4) is 0 Å². The third-order valence-electron chi connectivity index (χ3n) is 3.96. The summed E-state index contributed by atoms with van der Waals surface area (Å²) in [7, 11) is 0. The smallest absolute Gasteiger partial charge is 0.134 e. The average Bonchev–Trinajstić information content (AvgIpc) is 2.41. The molecule has 4 N–H and O–H groups in total. The Morgan fingerprint density at radius 1 is 1.33 bits per heavy atom. The minimum Gasteiger partial charge on any atom is -0.396 e. The van der Waals surface area contributed by atoms with Crippen molar-refractivity contribution in [3.8, 4) is 0 Å². The predicted molar refractivity (Wildman–Crippen MR) is 72.2 cm³/mol. The third kappa shape index (κ3) is 2.90. The summed E-state index contributed by atoms with van der Waals surface area (Å²) in [5, 5.41) is 12.7. The molecule has 0 aromatic carbocycles. The number of nitrogens with one attached hydrogen (secondary N) is 1. The molecule has 1 saturated carbocycles. The van der Waals surface area contributed by atoms with Gasteiger partial charge in [0.15, 0.2) is 0 Å². The van der Waals surface area contributed by atoms with E-state index >= 15 is 0 Å². The van der Waals surface area contributed by atoms with E-state index in [4.69, 9.17) is 5.73 Å². The minimum atomic E-state index is 0.289. The van der Waals surface area contributed by atoms with Crippen LogP contribution in [-0.4, -0.2) is 28.2 Å². The fourth-order valence-corrected chi connectivity index (χ4v) is 2.66. The maximum absolute atomic E-state index is 9.38. The van der Waals surface area contributed by atoms with E-state index in [1.54, 1.807) is 0 Å². The molecular weight excluding hydrogens is 228 g/mol. The molecule has 1 aliphatic carbocycles. The standard InChI is InChI=1S/C13H22N4O/c1-9-12(14)16-8-17-13(9)15-6-10-4-2-3-5-11(10)7-18/h8,10-11,18H,2-7H2,1H3,(H3,14,15,16,17). The Balaban J connectivity index is 1.96. The van der Waals surface area contributed by atoms with Crippen molar-refractivity contribution in [1.82, 2.24) is 9.97 Å². The highest BCUT2D eigenvalue weighted by molar-refractivity contribution is 5.53. The second kappa shape index (κ2) is 6.00. The van der Waals surface area contributed by atoms with E-state index in [0.29, 0.717) is 17.7 Å². The molecule has 0 aliphatic heterocycles. The molecule has 1 fully saturated rings. The fourth-order valence-electron chi connectivity index (χ4n) is 2.66. The molecule has 0 saturated heterocycles. The number of rotatable bonds is 4. The Morgan fingerprint density at radius 3 is 2.78 bits per heavy atom. The highest BCUT2D eigenvalue weighted by Crippen LogP contribution is 2.30. The molecule has 100 valence electrons. The maximum Gasteiger partial charge on any atom is 0.134 e. The lowest BCUT2D eigenvalue weighted by Gasteiger charge is -2.30. The number of hydrogen-bond donors (Lipinski definition) is 3. The average molecular weight is 250 g/mol. The van der Waals surface area contributed by atoms with Gasteiger partial charge in [-0.1, -0.05) is 12.8 Å². The zero-order valence-electron chi connectivity index (χ0n) is 10.9. The van der Waals surface area contributed by atoms with Crippen LogP contribution in [0.2, 0.25) is 0 Å². The van der Waals surface area contributed by atoms with Crippen LogP contribution in [-0.2, 0) is 0 Å². The summed E-state index contributed by atoms with van der Waals surface area (Å²) in [5.41, 5.74) is 6.65. The monoisotopic (exact) mass is 250 g/mol. The van der Waals surface area contributed by atoms with Gasteiger partial charge in [0.25, 0.3) is 0 Å². The fraction of sp³-hybridized carbons (Fsp3) is 0.692. The quantitative estimate of drug-likeness (QED) is 0.755. The van der Waals surface area contributed by atoms with Crippen LogP contribution in [0.15, 0.2) is 6.33 Å². The van der Waals surface area contributed by atoms with Crippen LogP contribution in [0, 0.1) is 18.8 Å². The van der Waals surface area contributed by atoms with Crippen molar-refractivity contribution in [2.24, 2.45) is 11.8 Å². The van der Waals surface area contributed by atoms with E-state index in [1.807, 2.05) is 6.92 Å². The van der Waals surface area contributed by atoms with Gasteiger partial charge in [-0.05, 0) is 31.6 Å². The zero-order chi connectivity index (χ0) is 13.0. The Bertz CT molecular complexity index is 397. The Hall–Kier alpha value is -1.36. The van der Waals surface area contributed by atoms with Crippen LogP contribution < -0.4 is 11.1 Å². The van der Waals surface area contributed by atoms with E-state index in [9.17, 15) is 5.11 Å². The molecule has 5 nitrogen and oxygen atoms in total. The Labute approximate surface area is 108 Å². The van der Waals surface area contributed by atoms with Gasteiger partial charge in [-0.25, -0.2) is 9.97 Å². The van der Waals surface area contributed by atoms with Gasteiger partial charge in [0.2, 0.25) is 0 Å². The second-order valence-electron chi connectivity index (χ2n) is 5.10. The lowest BCUT2D eigenvalue weighted by molar-refractivity contribution is 0.141. The Kier molecular flexibility index (Phi) is 4.36. The molecule has 0 bridgehead atoms. The number of nitrogens with two attached hydrogens (primary N) is 1. The van der Waals surface area contributed by atoms with Gasteiger partial charge in [-0.15, -0.1) is 0 Å². The van der Waals surface area contributed by atoms with Crippen LogP contribution >= 0.6 is 0 Å². The lowest BCUT2D eigenvalue weighted by Crippen LogP contribution is -2.29. The first kappa shape index (κ1) is 13.1. The van der Waals surface area contributed by atoms with Gasteiger partial charge in [0, 0.05) is 18.7 Å². The molecule has 2 unspecified atom stereocenters. The second-order valence-corrected chi connectivity index (χ2v) is 5.10. The summed E-state index contributed by atoms with van der Waals surface area (Å²) in [6.45, 7) is 3.06. The molecule has 18 heavy (non-hydrogen) atoms. The molecule has 1 heterocycles. The van der Waals surface area contributed by atoms with Gasteiger partial charge in [-0.3, -0.25) is 0 Å². The summed E-state index contributed by atoms with van der Waals surface area (Å²) in [6.07, 6.45) is 6.29. The van der Waals surface area contributed by atoms with E-state index in [2.05, 4.69) is 15.3 Å². The molecule has 2 atom stereocenters. The van der Waals surface area contributed by atoms with Crippen molar-refractivity contribution < 1.29 is 5.11 Å². The van der Waals surface area contributed by atoms with Crippen LogP contribution in [0.25, 0.3) is 0 Å². The summed E-state index contributed by atoms with van der Waals surface area (Å²) in [5.74, 6) is 2.28. The van der Waals surface area contributed by atoms with Crippen LogP contribution in [0.4, 0.5) is 11.6 Å². The molecule has 0 spiro atoms. The van der Waals surface area contributed by atoms with Gasteiger partial charge in [0.1, 0.15) is 18.0 Å². The predicted octanol–water partition coefficient (Wildman–Crippen LogP) is 1.58. The van der Waals surface area contributed by atoms with Gasteiger partial charge in [-0.2, -0.15) is 0 Å². The molecule has 0 amide bonds. The van der Waals surface area contributed by atoms with Crippen LogP contribution in [0.5, 0.6) is 0 Å². The summed E-state index contributed by atoms with van der Waals surface area (Å²) in [6, 6.07) is 0. The van der Waals surface area contributed by atoms with Crippen molar-refractivity contribution in [3.63, 3.8) is 0 Å². The normalized spacial score (nSPS) is 23.9. The number of aliphatic hydroxyl groups is 1. The highest BCUT2D eigenvalue weighted by Gasteiger charge is 2.24. The van der Waals surface area contributed by atoms with Crippen molar-refractivity contribution in [2.75, 3.05) is 24.2 Å². The first-order chi connectivity index (χ1) is 8.72. The highest BCUT2D eigenvalue weighted by atomic mass is 16.3. The van der Waals surface area contributed by atoms with E-state index in [0.717, 1.165) is 24.3 Å². The third-order valence-corrected chi connectivity index (χ3v) is 3.96. The summed E-state index contributed by atoms with van der Waals surface area (Å²) < 4.78 is 0. The van der Waals surface area contributed by atoms with Crippen molar-refractivity contribution in [2.45, 2.75) is 32.6 Å². The molecule has 1 aromatic heterocycles. The number of hydrogen-bond acceptors (Lipinski definition) is 5. The SMILES string of the molecule is Cc1c(N)ncnc1NCC1CCCCC1CO. The summed E-state index contributed by atoms with van der Waals surface area (Å²) in [4.78, 5) is 8.16. The lowest BCUT2D eigenvalue weighted by atomic mass is 9.79. The van der Waals surface area contributed by atoms with Gasteiger partial charge < -0.3 is 16.2 Å². The van der Waals surface area contributed by atoms with E-state index < -0.39 is 0 Å². The number of anilines is 2. The number of nitrogens with zero attached hydrogens (tertiary/aromatic N) is 2. The van der Waals surface area contributed by atoms with E-state index in [-0.39, 0.29) is 6.61 Å². The minimum absolute atomic E-state index is 0.289. The Morgan fingerprint density at radius 2 is 2.06 bits per heavy atom. The molecule has 1 aliphatic rings. The largest absolute Gasteiger partial charge is 0.396 e. The topological polar surface area (TPSA) is 84.1 Å². The van der Waals surface area contributed by atoms with Crippen molar-refractivity contribution >= 4 is 11.6 Å². The molecule has 5 heteroatoms. The van der Waals surface area contributed by atoms with Gasteiger partial charge in [0.05, 0.1) is 0 Å². The number of aromatic nitrogens is 2. The van der Waals surface area contributed by atoms with Crippen molar-refractivity contribution in [3.05, 3.63) is 11.9 Å². The molecule has 2 rings (SSSR count). The first-order valence-electron chi connectivity index (χ1n) is 6.64. The number of aliphatic hydroxyl groups excluding tert-OH is 1.